The van der Waals surface area contributed by atoms with Crippen LogP contribution in [0.5, 0.6) is 11.5 Å². The van der Waals surface area contributed by atoms with Gasteiger partial charge in [0.05, 0.1) is 23.8 Å². The molecule has 0 radical (unpaired) electrons. The fraction of sp³-hybridized carbons (Fsp3) is 0.343. The highest BCUT2D eigenvalue weighted by molar-refractivity contribution is 6.02. The average molecular weight is 975 g/mol. The number of ether oxygens (including phenoxy) is 2. The highest BCUT2D eigenvalue weighted by atomic mass is 19.4. The van der Waals surface area contributed by atoms with Crippen LogP contribution in [-0.2, 0) is 19.2 Å². The molecule has 0 saturated carbocycles. The number of hydrogen-bond donors (Lipinski definition) is 8. The number of carbonyl (C=O) groups excluding carboxylic acids is 1. The lowest BCUT2D eigenvalue weighted by Crippen LogP contribution is -2.23. The van der Waals surface area contributed by atoms with Gasteiger partial charge in [-0.3, -0.25) is 10.2 Å². The molecule has 0 unspecified atom stereocenters. The summed E-state index contributed by atoms with van der Waals surface area (Å²) < 4.78 is 139. The molecule has 2 amide bonds. The molecule has 368 valence electrons. The first kappa shape index (κ1) is 58.7. The number of alkyl halides is 12. The van der Waals surface area contributed by atoms with E-state index in [4.69, 9.17) is 49.1 Å². The van der Waals surface area contributed by atoms with E-state index in [1.807, 2.05) is 86.8 Å². The van der Waals surface area contributed by atoms with Crippen molar-refractivity contribution < 1.29 is 107 Å². The van der Waals surface area contributed by atoms with Crippen LogP contribution < -0.4 is 20.1 Å². The fourth-order valence-electron chi connectivity index (χ4n) is 3.62. The zero-order valence-corrected chi connectivity index (χ0v) is 34.1. The number of carboxylic acid groups (broad SMARTS) is 4. The zero-order chi connectivity index (χ0) is 51.2. The smallest absolute Gasteiger partial charge is 0.490 e. The van der Waals surface area contributed by atoms with Gasteiger partial charge in [0.25, 0.3) is 0 Å². The number of H-pyrrole nitrogens is 2. The van der Waals surface area contributed by atoms with E-state index >= 15 is 0 Å². The lowest BCUT2D eigenvalue weighted by molar-refractivity contribution is -0.193. The number of rotatable bonds is 12. The average Bonchev–Trinajstić information content (AvgIpc) is 3.92. The van der Waals surface area contributed by atoms with E-state index < -0.39 is 54.6 Å². The Kier molecular flexibility index (Phi) is 23.5. The Hall–Kier alpha value is -7.31. The lowest BCUT2D eigenvalue weighted by Gasteiger charge is -2.18. The van der Waals surface area contributed by atoms with Gasteiger partial charge >= 0.3 is 54.6 Å². The van der Waals surface area contributed by atoms with Crippen LogP contribution in [0.4, 0.5) is 68.9 Å². The van der Waals surface area contributed by atoms with Gasteiger partial charge in [-0.05, 0) is 63.6 Å². The van der Waals surface area contributed by atoms with Crippen LogP contribution in [0.15, 0.2) is 61.2 Å². The Morgan fingerprint density at radius 2 is 0.803 bits per heavy atom. The molecule has 0 atom stereocenters. The normalized spacial score (nSPS) is 11.2. The molecule has 0 bridgehead atoms. The van der Waals surface area contributed by atoms with Crippen molar-refractivity contribution in [2.75, 3.05) is 65.1 Å². The monoisotopic (exact) mass is 974 g/mol. The minimum atomic E-state index is -5.08. The van der Waals surface area contributed by atoms with E-state index in [0.29, 0.717) is 36.1 Å². The number of nitrogens with one attached hydrogen (secondary N) is 4. The van der Waals surface area contributed by atoms with Crippen LogP contribution in [0.3, 0.4) is 0 Å². The molecule has 0 saturated heterocycles. The van der Waals surface area contributed by atoms with Crippen LogP contribution in [-0.4, -0.2) is 160 Å². The number of aromatic nitrogens is 4. The number of aromatic amines is 2. The molecule has 0 aliphatic carbocycles. The van der Waals surface area contributed by atoms with Crippen LogP contribution in [0.25, 0.3) is 22.3 Å². The maximum Gasteiger partial charge on any atom is 0.490 e. The molecule has 0 aliphatic heterocycles. The SMILES string of the molecule is CN(C)CCOc1cc(-c2cn[nH]c2)ccc1NC(=O)Nc1ccc(-c2cn[nH]c2)cc1OCCN(C)C.O=C(O)C(F)(F)F.O=C(O)C(F)(F)F.O=C(O)C(F)(F)F.O=C(O)C(F)(F)F. The Bertz CT molecular complexity index is 1930. The van der Waals surface area contributed by atoms with Crippen LogP contribution >= 0.6 is 0 Å². The molecule has 0 spiro atoms. The fourth-order valence-corrected chi connectivity index (χ4v) is 3.62. The summed E-state index contributed by atoms with van der Waals surface area (Å²) in [5.74, 6) is -9.89. The van der Waals surface area contributed by atoms with E-state index in [1.165, 1.54) is 0 Å². The number of anilines is 2. The summed E-state index contributed by atoms with van der Waals surface area (Å²) >= 11 is 0. The predicted octanol–water partition coefficient (Wildman–Crippen LogP) is 6.52. The molecular weight excluding hydrogens is 936 g/mol. The molecule has 19 nitrogen and oxygen atoms in total. The molecule has 8 N–H and O–H groups in total. The molecule has 31 heteroatoms. The van der Waals surface area contributed by atoms with Crippen molar-refractivity contribution >= 4 is 41.3 Å². The van der Waals surface area contributed by atoms with Gasteiger partial charge in [0.15, 0.2) is 0 Å². The first-order chi connectivity index (χ1) is 30.2. The number of carboxylic acids is 4. The third kappa shape index (κ3) is 24.5. The minimum absolute atomic E-state index is 0.410. The number of halogens is 12. The van der Waals surface area contributed by atoms with E-state index in [9.17, 15) is 57.5 Å². The zero-order valence-electron chi connectivity index (χ0n) is 34.1. The molecule has 2 heterocycles. The van der Waals surface area contributed by atoms with Gasteiger partial charge in [-0.2, -0.15) is 62.9 Å². The van der Waals surface area contributed by atoms with E-state index in [1.54, 1.807) is 12.4 Å². The van der Waals surface area contributed by atoms with Crippen LogP contribution in [0, 0.1) is 0 Å². The van der Waals surface area contributed by atoms with Crippen molar-refractivity contribution in [2.24, 2.45) is 0 Å². The topological polar surface area (TPSA) is 273 Å². The first-order valence-corrected chi connectivity index (χ1v) is 17.3. The lowest BCUT2D eigenvalue weighted by atomic mass is 10.1. The summed E-state index contributed by atoms with van der Waals surface area (Å²) in [6.07, 6.45) is -13.2. The largest absolute Gasteiger partial charge is 0.490 e. The van der Waals surface area contributed by atoms with E-state index in [2.05, 4.69) is 31.0 Å². The van der Waals surface area contributed by atoms with E-state index in [-0.39, 0.29) is 0 Å². The van der Waals surface area contributed by atoms with Crippen molar-refractivity contribution in [3.05, 3.63) is 61.2 Å². The van der Waals surface area contributed by atoms with E-state index in [0.717, 1.165) is 35.3 Å². The second-order valence-electron chi connectivity index (χ2n) is 12.5. The molecule has 0 aliphatic rings. The van der Waals surface area contributed by atoms with Gasteiger partial charge in [-0.1, -0.05) is 12.1 Å². The second-order valence-corrected chi connectivity index (χ2v) is 12.5. The first-order valence-electron chi connectivity index (χ1n) is 17.3. The summed E-state index contributed by atoms with van der Waals surface area (Å²) in [4.78, 5) is 52.7. The molecule has 4 rings (SSSR count). The van der Waals surface area contributed by atoms with Gasteiger partial charge in [0, 0.05) is 36.6 Å². The molecule has 2 aromatic carbocycles. The number of urea groups is 1. The van der Waals surface area contributed by atoms with Crippen molar-refractivity contribution in [1.82, 2.24) is 30.2 Å². The Labute approximate surface area is 362 Å². The molecule has 66 heavy (non-hydrogen) atoms. The minimum Gasteiger partial charge on any atom is -0.490 e. The summed E-state index contributed by atoms with van der Waals surface area (Å²) in [6, 6.07) is 10.8. The number of hydrogen-bond acceptors (Lipinski definition) is 11. The molecule has 2 aromatic heterocycles. The van der Waals surface area contributed by atoms with Crippen LogP contribution in [0.2, 0.25) is 0 Å². The van der Waals surface area contributed by atoms with Gasteiger partial charge < -0.3 is 50.3 Å². The number of nitrogens with zero attached hydrogens (tertiary/aromatic N) is 4. The van der Waals surface area contributed by atoms with Crippen molar-refractivity contribution in [3.63, 3.8) is 0 Å². The number of carbonyl (C=O) groups is 5. The van der Waals surface area contributed by atoms with Gasteiger partial charge in [0.2, 0.25) is 0 Å². The molecule has 0 fully saturated rings. The van der Waals surface area contributed by atoms with Gasteiger partial charge in [-0.15, -0.1) is 0 Å². The Balaban J connectivity index is 0.00000122. The summed E-state index contributed by atoms with van der Waals surface area (Å²) in [5, 5.41) is 48.0. The highest BCUT2D eigenvalue weighted by Crippen LogP contribution is 2.33. The maximum atomic E-state index is 13.1. The quantitative estimate of drug-likeness (QED) is 0.0702. The van der Waals surface area contributed by atoms with Gasteiger partial charge in [0.1, 0.15) is 24.7 Å². The number of benzene rings is 2. The van der Waals surface area contributed by atoms with Gasteiger partial charge in [-0.25, -0.2) is 24.0 Å². The summed E-state index contributed by atoms with van der Waals surface area (Å²) in [7, 11) is 7.92. The standard InChI is InChI=1S/C27H34N8O3.4C2HF3O2/c1-34(2)9-11-37-25-13-19(21-15-28-29-16-21)5-7-23(25)32-27(36)33-24-8-6-20(22-17-30-31-18-22)14-26(24)38-12-10-35(3)4;4*3-2(4,5)1(6)7/h5-8,13-18H,9-12H2,1-4H3,(H,28,29)(H,30,31)(H2,32,33,36);4*(H,6,7). The number of aliphatic carboxylic acids is 4. The second kappa shape index (κ2) is 26.5. The summed E-state index contributed by atoms with van der Waals surface area (Å²) in [5.41, 5.74) is 4.82. The molecular formula is C35H38F12N8O11. The summed E-state index contributed by atoms with van der Waals surface area (Å²) in [6.45, 7) is 2.41. The third-order valence-electron chi connectivity index (χ3n) is 6.68. The highest BCUT2D eigenvalue weighted by Gasteiger charge is 2.40. The van der Waals surface area contributed by atoms with Crippen molar-refractivity contribution in [3.8, 4) is 33.8 Å². The Morgan fingerprint density at radius 3 is 1.02 bits per heavy atom. The molecule has 4 aromatic rings. The maximum absolute atomic E-state index is 13.1. The predicted molar refractivity (Wildman–Crippen MR) is 204 cm³/mol. The Morgan fingerprint density at radius 1 is 0.530 bits per heavy atom. The number of amides is 2. The third-order valence-corrected chi connectivity index (χ3v) is 6.68. The van der Waals surface area contributed by atoms with Crippen LogP contribution in [0.1, 0.15) is 0 Å². The van der Waals surface area contributed by atoms with Crippen molar-refractivity contribution in [1.29, 1.82) is 0 Å². The van der Waals surface area contributed by atoms with Crippen molar-refractivity contribution in [2.45, 2.75) is 24.7 Å². The number of likely N-dealkylation sites (N-methyl/N-ethyl adjacent to an activating group) is 2.